The zero-order chi connectivity index (χ0) is 15.4. The van der Waals surface area contributed by atoms with Gasteiger partial charge in [-0.3, -0.25) is 0 Å². The average Bonchev–Trinajstić information content (AvgIpc) is 2.45. The average molecular weight is 289 g/mol. The van der Waals surface area contributed by atoms with Gasteiger partial charge in [0.1, 0.15) is 11.6 Å². The number of pyridine rings is 1. The summed E-state index contributed by atoms with van der Waals surface area (Å²) in [6.07, 6.45) is 0. The summed E-state index contributed by atoms with van der Waals surface area (Å²) in [6, 6.07) is 8.64. The van der Waals surface area contributed by atoms with Gasteiger partial charge in [-0.25, -0.2) is 4.39 Å². The van der Waals surface area contributed by atoms with Crippen molar-refractivity contribution in [3.05, 3.63) is 47.3 Å². The fourth-order valence-corrected chi connectivity index (χ4v) is 1.97. The number of benzene rings is 1. The van der Waals surface area contributed by atoms with Gasteiger partial charge in [0.25, 0.3) is 0 Å². The van der Waals surface area contributed by atoms with E-state index in [-0.39, 0.29) is 11.9 Å². The molecule has 0 bridgehead atoms. The number of nitrogens with two attached hydrogens (primary N) is 1. The summed E-state index contributed by atoms with van der Waals surface area (Å²) in [5, 5.41) is 3.22. The molecule has 2 aromatic rings. The quantitative estimate of drug-likeness (QED) is 0.881. The molecule has 1 atom stereocenters. The minimum Gasteiger partial charge on any atom is -0.476 e. The summed E-state index contributed by atoms with van der Waals surface area (Å²) >= 11 is 0. The number of aromatic nitrogens is 1. The number of nitrogens with one attached hydrogen (secondary N) is 1. The molecule has 0 aliphatic heterocycles. The molecule has 0 amide bonds. The molecule has 4 nitrogen and oxygen atoms in total. The molecule has 3 N–H and O–H groups in total. The van der Waals surface area contributed by atoms with Crippen LogP contribution >= 0.6 is 0 Å². The maximum absolute atomic E-state index is 13.6. The van der Waals surface area contributed by atoms with Crippen LogP contribution in [0.3, 0.4) is 0 Å². The first kappa shape index (κ1) is 15.1. The van der Waals surface area contributed by atoms with Crippen molar-refractivity contribution in [3.63, 3.8) is 0 Å². The Morgan fingerprint density at radius 3 is 2.76 bits per heavy atom. The highest BCUT2D eigenvalue weighted by Gasteiger charge is 2.10. The molecule has 0 spiro atoms. The Balaban J connectivity index is 2.16. The zero-order valence-electron chi connectivity index (χ0n) is 12.5. The SMILES string of the molecule is CCOc1nc(NC(C)c2ccc(C)c(F)c2)ccc1N. The smallest absolute Gasteiger partial charge is 0.239 e. The molecule has 112 valence electrons. The van der Waals surface area contributed by atoms with Gasteiger partial charge in [-0.2, -0.15) is 4.98 Å². The molecule has 1 heterocycles. The molecule has 0 saturated heterocycles. The van der Waals surface area contributed by atoms with E-state index in [1.807, 2.05) is 19.9 Å². The van der Waals surface area contributed by atoms with Crippen molar-refractivity contribution in [2.24, 2.45) is 0 Å². The Kier molecular flexibility index (Phi) is 4.62. The monoisotopic (exact) mass is 289 g/mol. The fraction of sp³-hybridized carbons (Fsp3) is 0.312. The normalized spacial score (nSPS) is 12.0. The first-order valence-electron chi connectivity index (χ1n) is 6.93. The highest BCUT2D eigenvalue weighted by Crippen LogP contribution is 2.24. The molecule has 1 aromatic heterocycles. The maximum atomic E-state index is 13.6. The Morgan fingerprint density at radius 2 is 2.10 bits per heavy atom. The molecule has 0 aliphatic carbocycles. The second-order valence-electron chi connectivity index (χ2n) is 4.90. The van der Waals surface area contributed by atoms with Crippen LogP contribution in [0.4, 0.5) is 15.9 Å². The van der Waals surface area contributed by atoms with E-state index >= 15 is 0 Å². The van der Waals surface area contributed by atoms with Crippen LogP contribution in [-0.2, 0) is 0 Å². The van der Waals surface area contributed by atoms with E-state index in [1.54, 1.807) is 25.1 Å². The second-order valence-corrected chi connectivity index (χ2v) is 4.90. The van der Waals surface area contributed by atoms with Gasteiger partial charge in [0.15, 0.2) is 0 Å². The molecule has 0 saturated carbocycles. The Bertz CT molecular complexity index is 631. The van der Waals surface area contributed by atoms with Crippen LogP contribution in [0, 0.1) is 12.7 Å². The van der Waals surface area contributed by atoms with Crippen LogP contribution in [0.25, 0.3) is 0 Å². The number of rotatable bonds is 5. The lowest BCUT2D eigenvalue weighted by molar-refractivity contribution is 0.329. The van der Waals surface area contributed by atoms with Crippen LogP contribution in [0.5, 0.6) is 5.88 Å². The van der Waals surface area contributed by atoms with Crippen molar-refractivity contribution in [1.29, 1.82) is 0 Å². The second kappa shape index (κ2) is 6.43. The Morgan fingerprint density at radius 1 is 1.33 bits per heavy atom. The van der Waals surface area contributed by atoms with E-state index in [9.17, 15) is 4.39 Å². The highest BCUT2D eigenvalue weighted by molar-refractivity contribution is 5.54. The number of halogens is 1. The number of nitrogen functional groups attached to an aromatic ring is 1. The zero-order valence-corrected chi connectivity index (χ0v) is 12.5. The van der Waals surface area contributed by atoms with Crippen LogP contribution in [0.1, 0.15) is 31.0 Å². The van der Waals surface area contributed by atoms with Gasteiger partial charge in [-0.1, -0.05) is 12.1 Å². The maximum Gasteiger partial charge on any atom is 0.239 e. The van der Waals surface area contributed by atoms with E-state index in [0.717, 1.165) is 5.56 Å². The van der Waals surface area contributed by atoms with Crippen molar-refractivity contribution in [2.45, 2.75) is 26.8 Å². The molecule has 1 aromatic carbocycles. The number of hydrogen-bond acceptors (Lipinski definition) is 4. The summed E-state index contributed by atoms with van der Waals surface area (Å²) in [6.45, 7) is 6.06. The van der Waals surface area contributed by atoms with Crippen molar-refractivity contribution in [1.82, 2.24) is 4.98 Å². The van der Waals surface area contributed by atoms with Crippen molar-refractivity contribution >= 4 is 11.5 Å². The van der Waals surface area contributed by atoms with Gasteiger partial charge in [-0.15, -0.1) is 0 Å². The summed E-state index contributed by atoms with van der Waals surface area (Å²) in [5.41, 5.74) is 7.78. The highest BCUT2D eigenvalue weighted by atomic mass is 19.1. The third-order valence-corrected chi connectivity index (χ3v) is 3.23. The van der Waals surface area contributed by atoms with E-state index < -0.39 is 0 Å². The van der Waals surface area contributed by atoms with Crippen molar-refractivity contribution < 1.29 is 9.13 Å². The molecule has 0 aliphatic rings. The predicted octanol–water partition coefficient (Wildman–Crippen LogP) is 3.68. The van der Waals surface area contributed by atoms with Crippen LogP contribution < -0.4 is 15.8 Å². The first-order chi connectivity index (χ1) is 10.0. The number of aryl methyl sites for hydroxylation is 1. The lowest BCUT2D eigenvalue weighted by atomic mass is 10.1. The molecule has 21 heavy (non-hydrogen) atoms. The minimum absolute atomic E-state index is 0.0781. The lowest BCUT2D eigenvalue weighted by Gasteiger charge is -2.16. The van der Waals surface area contributed by atoms with Crippen molar-refractivity contribution in [3.8, 4) is 5.88 Å². The summed E-state index contributed by atoms with van der Waals surface area (Å²) in [4.78, 5) is 4.32. The van der Waals surface area contributed by atoms with Crippen LogP contribution in [0.2, 0.25) is 0 Å². The molecule has 2 rings (SSSR count). The molecule has 1 unspecified atom stereocenters. The third-order valence-electron chi connectivity index (χ3n) is 3.23. The van der Waals surface area contributed by atoms with Gasteiger partial charge in [0, 0.05) is 0 Å². The topological polar surface area (TPSA) is 60.2 Å². The first-order valence-corrected chi connectivity index (χ1v) is 6.93. The summed E-state index contributed by atoms with van der Waals surface area (Å²) in [5.74, 6) is 0.840. The fourth-order valence-electron chi connectivity index (χ4n) is 1.97. The van der Waals surface area contributed by atoms with Gasteiger partial charge in [-0.05, 0) is 50.1 Å². The Labute approximate surface area is 124 Å². The molecule has 0 radical (unpaired) electrons. The predicted molar refractivity (Wildman–Crippen MR) is 83.0 cm³/mol. The number of anilines is 2. The summed E-state index contributed by atoms with van der Waals surface area (Å²) < 4.78 is 19.0. The lowest BCUT2D eigenvalue weighted by Crippen LogP contribution is -2.09. The van der Waals surface area contributed by atoms with Crippen molar-refractivity contribution in [2.75, 3.05) is 17.7 Å². The van der Waals surface area contributed by atoms with E-state index in [1.165, 1.54) is 6.07 Å². The third kappa shape index (κ3) is 3.62. The van der Waals surface area contributed by atoms with Crippen LogP contribution in [-0.4, -0.2) is 11.6 Å². The summed E-state index contributed by atoms with van der Waals surface area (Å²) in [7, 11) is 0. The molecule has 0 fully saturated rings. The van der Waals surface area contributed by atoms with Gasteiger partial charge < -0.3 is 15.8 Å². The minimum atomic E-state index is -0.207. The largest absolute Gasteiger partial charge is 0.476 e. The molecular formula is C16H20FN3O. The van der Waals surface area contributed by atoms with Crippen LogP contribution in [0.15, 0.2) is 30.3 Å². The molecular weight excluding hydrogens is 269 g/mol. The number of ether oxygens (including phenoxy) is 1. The number of hydrogen-bond donors (Lipinski definition) is 2. The molecule has 5 heteroatoms. The number of nitrogens with zero attached hydrogens (tertiary/aromatic N) is 1. The van der Waals surface area contributed by atoms with E-state index in [4.69, 9.17) is 10.5 Å². The standard InChI is InChI=1S/C16H20FN3O/c1-4-21-16-14(18)7-8-15(20-16)19-11(3)12-6-5-10(2)13(17)9-12/h5-9,11H,4,18H2,1-3H3,(H,19,20). The Hall–Kier alpha value is -2.30. The van der Waals surface area contributed by atoms with Gasteiger partial charge in [0.05, 0.1) is 18.3 Å². The van der Waals surface area contributed by atoms with E-state index in [0.29, 0.717) is 29.6 Å². The van der Waals surface area contributed by atoms with Gasteiger partial charge >= 0.3 is 0 Å². The van der Waals surface area contributed by atoms with E-state index in [2.05, 4.69) is 10.3 Å². The van der Waals surface area contributed by atoms with Gasteiger partial charge in [0.2, 0.25) is 5.88 Å².